The van der Waals surface area contributed by atoms with Crippen LogP contribution in [0.25, 0.3) is 22.9 Å². The summed E-state index contributed by atoms with van der Waals surface area (Å²) >= 11 is 6.21. The highest BCUT2D eigenvalue weighted by atomic mass is 35.5. The highest BCUT2D eigenvalue weighted by Crippen LogP contribution is 2.27. The van der Waals surface area contributed by atoms with Crippen molar-refractivity contribution in [2.45, 2.75) is 33.4 Å². The second-order valence-corrected chi connectivity index (χ2v) is 7.70. The van der Waals surface area contributed by atoms with Crippen molar-refractivity contribution < 1.29 is 13.6 Å². The highest BCUT2D eigenvalue weighted by Gasteiger charge is 2.27. The van der Waals surface area contributed by atoms with Crippen LogP contribution in [0.1, 0.15) is 36.0 Å². The molecule has 7 nitrogen and oxygen atoms in total. The van der Waals surface area contributed by atoms with E-state index >= 15 is 0 Å². The third-order valence-electron chi connectivity index (χ3n) is 4.78. The zero-order chi connectivity index (χ0) is 22.0. The Balaban J connectivity index is 1.58. The van der Waals surface area contributed by atoms with Crippen molar-refractivity contribution in [1.82, 2.24) is 20.1 Å². The van der Waals surface area contributed by atoms with E-state index in [9.17, 15) is 4.79 Å². The van der Waals surface area contributed by atoms with Crippen LogP contribution < -0.4 is 0 Å². The van der Waals surface area contributed by atoms with Crippen LogP contribution in [0.2, 0.25) is 5.02 Å². The monoisotopic (exact) mass is 436 g/mol. The van der Waals surface area contributed by atoms with E-state index in [0.717, 1.165) is 5.56 Å². The molecule has 0 saturated carbocycles. The number of amides is 1. The van der Waals surface area contributed by atoms with E-state index in [1.165, 1.54) is 0 Å². The van der Waals surface area contributed by atoms with E-state index in [2.05, 4.69) is 15.2 Å². The lowest BCUT2D eigenvalue weighted by atomic mass is 10.2. The van der Waals surface area contributed by atoms with Crippen LogP contribution in [-0.2, 0) is 6.54 Å². The van der Waals surface area contributed by atoms with Gasteiger partial charge in [-0.05, 0) is 45.0 Å². The first kappa shape index (κ1) is 20.8. The number of carbonyl (C=O) groups is 1. The molecule has 4 rings (SSSR count). The molecule has 0 aliphatic rings. The Morgan fingerprint density at radius 2 is 1.71 bits per heavy atom. The van der Waals surface area contributed by atoms with Crippen molar-refractivity contribution in [3.8, 4) is 22.9 Å². The lowest BCUT2D eigenvalue weighted by Gasteiger charge is -2.24. The molecule has 158 valence electrons. The van der Waals surface area contributed by atoms with Gasteiger partial charge in [0.25, 0.3) is 5.91 Å². The van der Waals surface area contributed by atoms with Gasteiger partial charge in [0.05, 0.1) is 17.1 Å². The van der Waals surface area contributed by atoms with Gasteiger partial charge in [-0.1, -0.05) is 41.9 Å². The zero-order valence-electron chi connectivity index (χ0n) is 17.4. The summed E-state index contributed by atoms with van der Waals surface area (Å²) in [5, 5.41) is 8.69. The predicted octanol–water partition coefficient (Wildman–Crippen LogP) is 5.40. The molecule has 0 fully saturated rings. The van der Waals surface area contributed by atoms with Gasteiger partial charge in [0.1, 0.15) is 5.76 Å². The summed E-state index contributed by atoms with van der Waals surface area (Å²) in [5.41, 5.74) is 1.71. The lowest BCUT2D eigenvalue weighted by Crippen LogP contribution is -2.37. The zero-order valence-corrected chi connectivity index (χ0v) is 18.1. The van der Waals surface area contributed by atoms with Crippen molar-refractivity contribution in [3.63, 3.8) is 0 Å². The van der Waals surface area contributed by atoms with E-state index in [1.54, 1.807) is 24.0 Å². The summed E-state index contributed by atoms with van der Waals surface area (Å²) < 4.78 is 11.5. The first-order valence-electron chi connectivity index (χ1n) is 9.85. The molecule has 0 spiro atoms. The molecule has 4 aromatic rings. The van der Waals surface area contributed by atoms with Crippen molar-refractivity contribution in [2.24, 2.45) is 0 Å². The minimum Gasteiger partial charge on any atom is -0.441 e. The minimum atomic E-state index is -0.268. The first-order valence-corrected chi connectivity index (χ1v) is 10.2. The number of nitrogens with zero attached hydrogens (tertiary/aromatic N) is 4. The first-order chi connectivity index (χ1) is 14.9. The Hall–Kier alpha value is -3.45. The summed E-state index contributed by atoms with van der Waals surface area (Å²) in [6, 6.07) is 16.6. The number of benzene rings is 2. The second kappa shape index (κ2) is 8.73. The minimum absolute atomic E-state index is 0.126. The SMILES string of the molecule is Cc1oc(-c2ccccc2)nc1C(=O)N(Cc1nnc(-c2ccccc2Cl)o1)C(C)C. The maximum Gasteiger partial charge on any atom is 0.276 e. The number of halogens is 1. The van der Waals surface area contributed by atoms with Gasteiger partial charge in [0.2, 0.25) is 17.7 Å². The number of oxazole rings is 1. The average Bonchev–Trinajstić information content (AvgIpc) is 3.39. The molecule has 2 aromatic carbocycles. The fourth-order valence-corrected chi connectivity index (χ4v) is 3.35. The molecule has 1 amide bonds. The summed E-state index contributed by atoms with van der Waals surface area (Å²) in [5.74, 6) is 1.21. The Labute approximate surface area is 184 Å². The number of rotatable bonds is 6. The van der Waals surface area contributed by atoms with Gasteiger partial charge in [0, 0.05) is 11.6 Å². The predicted molar refractivity (Wildman–Crippen MR) is 116 cm³/mol. The molecule has 2 heterocycles. The van der Waals surface area contributed by atoms with Crippen LogP contribution in [0.3, 0.4) is 0 Å². The molecule has 0 aliphatic heterocycles. The van der Waals surface area contributed by atoms with E-state index in [1.807, 2.05) is 56.3 Å². The molecule has 0 unspecified atom stereocenters. The van der Waals surface area contributed by atoms with Crippen LogP contribution in [-0.4, -0.2) is 32.0 Å². The van der Waals surface area contributed by atoms with E-state index in [0.29, 0.717) is 34.0 Å². The number of hydrogen-bond acceptors (Lipinski definition) is 6. The second-order valence-electron chi connectivity index (χ2n) is 7.30. The third kappa shape index (κ3) is 4.36. The smallest absolute Gasteiger partial charge is 0.276 e. The van der Waals surface area contributed by atoms with Crippen molar-refractivity contribution in [2.75, 3.05) is 0 Å². The Kier molecular flexibility index (Phi) is 5.86. The van der Waals surface area contributed by atoms with Gasteiger partial charge >= 0.3 is 0 Å². The summed E-state index contributed by atoms with van der Waals surface area (Å²) in [4.78, 5) is 19.3. The largest absolute Gasteiger partial charge is 0.441 e. The molecule has 0 aliphatic carbocycles. The van der Waals surface area contributed by atoms with Gasteiger partial charge in [-0.3, -0.25) is 4.79 Å². The van der Waals surface area contributed by atoms with Crippen LogP contribution >= 0.6 is 11.6 Å². The normalized spacial score (nSPS) is 11.1. The summed E-state index contributed by atoms with van der Waals surface area (Å²) in [7, 11) is 0. The molecule has 2 aromatic heterocycles. The van der Waals surface area contributed by atoms with Crippen molar-refractivity contribution >= 4 is 17.5 Å². The van der Waals surface area contributed by atoms with E-state index in [-0.39, 0.29) is 24.2 Å². The average molecular weight is 437 g/mol. The summed E-state index contributed by atoms with van der Waals surface area (Å²) in [6.45, 7) is 5.70. The lowest BCUT2D eigenvalue weighted by molar-refractivity contribution is 0.0665. The molecule has 31 heavy (non-hydrogen) atoms. The molecule has 0 radical (unpaired) electrons. The molecule has 0 bridgehead atoms. The standard InChI is InChI=1S/C23H21ClN4O3/c1-14(2)28(13-19-26-27-22(31-19)17-11-7-8-12-18(17)24)23(29)20-15(3)30-21(25-20)16-9-5-4-6-10-16/h4-12,14H,13H2,1-3H3. The molecule has 0 N–H and O–H groups in total. The van der Waals surface area contributed by atoms with Gasteiger partial charge in [-0.25, -0.2) is 4.98 Å². The van der Waals surface area contributed by atoms with Gasteiger partial charge < -0.3 is 13.7 Å². The van der Waals surface area contributed by atoms with E-state index < -0.39 is 0 Å². The van der Waals surface area contributed by atoms with Crippen LogP contribution in [0.15, 0.2) is 63.4 Å². The number of aromatic nitrogens is 3. The van der Waals surface area contributed by atoms with E-state index in [4.69, 9.17) is 20.4 Å². The van der Waals surface area contributed by atoms with Crippen LogP contribution in [0.4, 0.5) is 0 Å². The van der Waals surface area contributed by atoms with Crippen molar-refractivity contribution in [3.05, 3.63) is 77.0 Å². The van der Waals surface area contributed by atoms with Crippen LogP contribution in [0.5, 0.6) is 0 Å². The fraction of sp³-hybridized carbons (Fsp3) is 0.217. The Morgan fingerprint density at radius 3 is 2.42 bits per heavy atom. The quantitative estimate of drug-likeness (QED) is 0.402. The number of aryl methyl sites for hydroxylation is 1. The molecular formula is C23H21ClN4O3. The van der Waals surface area contributed by atoms with Gasteiger partial charge in [0.15, 0.2) is 5.69 Å². The van der Waals surface area contributed by atoms with Gasteiger partial charge in [-0.2, -0.15) is 0 Å². The molecule has 0 atom stereocenters. The summed E-state index contributed by atoms with van der Waals surface area (Å²) in [6.07, 6.45) is 0. The fourth-order valence-electron chi connectivity index (χ4n) is 3.13. The maximum atomic E-state index is 13.3. The Morgan fingerprint density at radius 1 is 1.00 bits per heavy atom. The van der Waals surface area contributed by atoms with Crippen LogP contribution in [0, 0.1) is 6.92 Å². The van der Waals surface area contributed by atoms with Gasteiger partial charge in [-0.15, -0.1) is 10.2 Å². The number of carbonyl (C=O) groups excluding carboxylic acids is 1. The third-order valence-corrected chi connectivity index (χ3v) is 5.11. The Bertz CT molecular complexity index is 1200. The molecule has 8 heteroatoms. The molecular weight excluding hydrogens is 416 g/mol. The number of hydrogen-bond donors (Lipinski definition) is 0. The highest BCUT2D eigenvalue weighted by molar-refractivity contribution is 6.33. The maximum absolute atomic E-state index is 13.3. The molecule has 0 saturated heterocycles. The van der Waals surface area contributed by atoms with Crippen molar-refractivity contribution in [1.29, 1.82) is 0 Å². The topological polar surface area (TPSA) is 85.3 Å².